The average molecular weight is 953 g/mol. The predicted molar refractivity (Wildman–Crippen MR) is 295 cm³/mol. The van der Waals surface area contributed by atoms with Gasteiger partial charge >= 0.3 is 0 Å². The van der Waals surface area contributed by atoms with Gasteiger partial charge in [0.05, 0.1) is 51.9 Å². The maximum Gasteiger partial charge on any atom is 0.169 e. The highest BCUT2D eigenvalue weighted by Gasteiger charge is 2.30. The lowest BCUT2D eigenvalue weighted by Crippen LogP contribution is -2.38. The molecule has 0 amide bonds. The Kier molecular flexibility index (Phi) is 12.9. The van der Waals surface area contributed by atoms with E-state index in [1.54, 1.807) is 0 Å². The molecule has 0 saturated carbocycles. The summed E-state index contributed by atoms with van der Waals surface area (Å²) >= 11 is 0. The van der Waals surface area contributed by atoms with Gasteiger partial charge in [-0.3, -0.25) is 0 Å². The zero-order valence-corrected chi connectivity index (χ0v) is 41.2. The van der Waals surface area contributed by atoms with Gasteiger partial charge in [-0.15, -0.1) is 0 Å². The molecule has 0 fully saturated rings. The van der Waals surface area contributed by atoms with Gasteiger partial charge in [0, 0.05) is 85.8 Å². The van der Waals surface area contributed by atoms with Gasteiger partial charge in [-0.05, 0) is 95.1 Å². The first-order valence-electron chi connectivity index (χ1n) is 25.8. The zero-order chi connectivity index (χ0) is 48.8. The fourth-order valence-corrected chi connectivity index (χ4v) is 10.7. The van der Waals surface area contributed by atoms with Crippen LogP contribution in [0.3, 0.4) is 0 Å². The van der Waals surface area contributed by atoms with Crippen LogP contribution in [-0.2, 0) is 26.2 Å². The SMILES string of the molecule is c1ccc(N2c3ccccc3N(CCC[n+]3ccc(-c4cc[n+](CCC[n+]5ccc(-c6cc[n+](CCCN7c8ccccc8N(c8ccccc8)c8ccccc87)cc6)cc5)cc4)cc3)c3ccccc32)cc1. The minimum atomic E-state index is 0.922. The summed E-state index contributed by atoms with van der Waals surface area (Å²) in [5.41, 5.74) is 17.1. The Hall–Kier alpha value is -8.88. The number of hydrogen-bond donors (Lipinski definition) is 0. The lowest BCUT2D eigenvalue weighted by Gasteiger charge is -2.40. The minimum Gasteiger partial charge on any atom is -0.338 e. The number of rotatable bonds is 16. The number of aromatic nitrogens is 4. The molecule has 8 heteroatoms. The standard InChI is InChI=1S/C65H60N8/c1-3-18-56(19-4-1)72-62-26-11-7-22-58(62)70(59-23-8-12-27-63(59)72)42-16-40-68-48-34-54(35-49-68)52-30-44-66(45-31-52)38-15-39-67-46-32-53(33-47-67)55-36-50-69(51-37-55)41-17-43-71-60-24-9-13-28-64(60)73(57-20-5-2-6-21-57)65-29-14-10-25-61(65)71/h1-14,18-37,44-51H,15-17,38-43H2/q+4. The van der Waals surface area contributed by atoms with Crippen LogP contribution in [0.4, 0.5) is 56.9 Å². The van der Waals surface area contributed by atoms with E-state index in [1.807, 2.05) is 0 Å². The molecule has 0 spiro atoms. The molecule has 0 bridgehead atoms. The number of aryl methyl sites for hydroxylation is 4. The van der Waals surface area contributed by atoms with Crippen molar-refractivity contribution in [1.29, 1.82) is 0 Å². The molecule has 0 saturated heterocycles. The third kappa shape index (κ3) is 9.55. The third-order valence-electron chi connectivity index (χ3n) is 14.3. The van der Waals surface area contributed by atoms with E-state index in [9.17, 15) is 0 Å². The first-order valence-corrected chi connectivity index (χ1v) is 25.8. The van der Waals surface area contributed by atoms with Gasteiger partial charge in [0.2, 0.25) is 0 Å². The van der Waals surface area contributed by atoms with Crippen LogP contribution in [0.25, 0.3) is 22.3 Å². The number of anilines is 10. The lowest BCUT2D eigenvalue weighted by molar-refractivity contribution is -0.726. The van der Waals surface area contributed by atoms with E-state index in [4.69, 9.17) is 0 Å². The van der Waals surface area contributed by atoms with Crippen molar-refractivity contribution < 1.29 is 18.3 Å². The number of pyridine rings is 4. The van der Waals surface area contributed by atoms with Crippen LogP contribution in [0, 0.1) is 0 Å². The van der Waals surface area contributed by atoms with Crippen LogP contribution in [-0.4, -0.2) is 13.1 Å². The first-order chi connectivity index (χ1) is 36.2. The van der Waals surface area contributed by atoms with Crippen molar-refractivity contribution in [1.82, 2.24) is 0 Å². The molecule has 0 N–H and O–H groups in total. The Labute approximate surface area is 429 Å². The minimum absolute atomic E-state index is 0.922. The Bertz CT molecular complexity index is 3110. The van der Waals surface area contributed by atoms with Crippen molar-refractivity contribution in [2.45, 2.75) is 45.4 Å². The van der Waals surface area contributed by atoms with Gasteiger partial charge in [0.15, 0.2) is 62.7 Å². The molecule has 10 aromatic rings. The summed E-state index contributed by atoms with van der Waals surface area (Å²) in [6, 6.07) is 74.4. The summed E-state index contributed by atoms with van der Waals surface area (Å²) in [6.45, 7) is 5.64. The molecule has 0 unspecified atom stereocenters. The molecule has 0 atom stereocenters. The van der Waals surface area contributed by atoms with E-state index >= 15 is 0 Å². The Morgan fingerprint density at radius 3 is 0.740 bits per heavy atom. The van der Waals surface area contributed by atoms with Crippen LogP contribution in [0.1, 0.15) is 19.3 Å². The van der Waals surface area contributed by atoms with E-state index in [0.29, 0.717) is 0 Å². The Morgan fingerprint density at radius 1 is 0.233 bits per heavy atom. The molecule has 12 rings (SSSR count). The molecular formula is C65H60N8+4. The fraction of sp³-hybridized carbons (Fsp3) is 0.138. The largest absolute Gasteiger partial charge is 0.338 e. The van der Waals surface area contributed by atoms with Crippen molar-refractivity contribution in [2.24, 2.45) is 0 Å². The van der Waals surface area contributed by atoms with E-state index < -0.39 is 0 Å². The van der Waals surface area contributed by atoms with Crippen molar-refractivity contribution in [3.63, 3.8) is 0 Å². The van der Waals surface area contributed by atoms with Crippen molar-refractivity contribution in [3.8, 4) is 22.3 Å². The molecule has 4 aromatic heterocycles. The maximum absolute atomic E-state index is 2.49. The predicted octanol–water partition coefficient (Wildman–Crippen LogP) is 13.3. The van der Waals surface area contributed by atoms with E-state index in [2.05, 4.69) is 294 Å². The molecule has 0 radical (unpaired) electrons. The van der Waals surface area contributed by atoms with Crippen LogP contribution in [0.2, 0.25) is 0 Å². The van der Waals surface area contributed by atoms with E-state index in [1.165, 1.54) is 79.1 Å². The quantitative estimate of drug-likeness (QED) is 0.0903. The summed E-state index contributed by atoms with van der Waals surface area (Å²) in [5.74, 6) is 0. The monoisotopic (exact) mass is 952 g/mol. The first kappa shape index (κ1) is 45.3. The second-order valence-corrected chi connectivity index (χ2v) is 19.0. The Morgan fingerprint density at radius 2 is 0.466 bits per heavy atom. The molecular weight excluding hydrogens is 893 g/mol. The summed E-state index contributed by atoms with van der Waals surface area (Å²) in [4.78, 5) is 9.74. The smallest absolute Gasteiger partial charge is 0.169 e. The highest BCUT2D eigenvalue weighted by molar-refractivity contribution is 5.99. The van der Waals surface area contributed by atoms with Gasteiger partial charge in [-0.2, -0.15) is 0 Å². The van der Waals surface area contributed by atoms with Crippen LogP contribution in [0.5, 0.6) is 0 Å². The topological polar surface area (TPSA) is 28.5 Å². The highest BCUT2D eigenvalue weighted by atomic mass is 15.3. The molecule has 356 valence electrons. The van der Waals surface area contributed by atoms with E-state index in [-0.39, 0.29) is 0 Å². The van der Waals surface area contributed by atoms with Gasteiger partial charge in [0.1, 0.15) is 13.1 Å². The lowest BCUT2D eigenvalue weighted by atomic mass is 10.1. The summed E-state index contributed by atoms with van der Waals surface area (Å²) in [7, 11) is 0. The third-order valence-corrected chi connectivity index (χ3v) is 14.3. The van der Waals surface area contributed by atoms with E-state index in [0.717, 1.165) is 58.5 Å². The average Bonchev–Trinajstić information content (AvgIpc) is 3.46. The van der Waals surface area contributed by atoms with Crippen molar-refractivity contribution in [2.75, 3.05) is 32.7 Å². The van der Waals surface area contributed by atoms with Gasteiger partial charge in [0.25, 0.3) is 0 Å². The normalized spacial score (nSPS) is 12.5. The number of fused-ring (bicyclic) bond motifs is 4. The molecule has 2 aliphatic heterocycles. The number of benzene rings is 6. The van der Waals surface area contributed by atoms with Crippen LogP contribution < -0.4 is 37.9 Å². The zero-order valence-electron chi connectivity index (χ0n) is 41.2. The summed E-state index contributed by atoms with van der Waals surface area (Å²) < 4.78 is 9.20. The fourth-order valence-electron chi connectivity index (χ4n) is 10.7. The highest BCUT2D eigenvalue weighted by Crippen LogP contribution is 2.52. The molecule has 73 heavy (non-hydrogen) atoms. The molecule has 0 aliphatic carbocycles. The second-order valence-electron chi connectivity index (χ2n) is 19.0. The molecule has 6 aromatic carbocycles. The summed E-state index contributed by atoms with van der Waals surface area (Å²) in [6.07, 6.45) is 20.8. The van der Waals surface area contributed by atoms with Gasteiger partial charge in [-0.25, -0.2) is 18.3 Å². The van der Waals surface area contributed by atoms with Crippen LogP contribution in [0.15, 0.2) is 256 Å². The van der Waals surface area contributed by atoms with Gasteiger partial charge in [-0.1, -0.05) is 84.9 Å². The number of hydrogen-bond acceptors (Lipinski definition) is 4. The molecule has 8 nitrogen and oxygen atoms in total. The number of para-hydroxylation sites is 10. The molecule has 2 aliphatic rings. The second kappa shape index (κ2) is 20.8. The Balaban J connectivity index is 0.606. The van der Waals surface area contributed by atoms with Gasteiger partial charge < -0.3 is 19.6 Å². The number of nitrogens with zero attached hydrogens (tertiary/aromatic N) is 8. The van der Waals surface area contributed by atoms with Crippen molar-refractivity contribution in [3.05, 3.63) is 256 Å². The van der Waals surface area contributed by atoms with Crippen LogP contribution >= 0.6 is 0 Å². The maximum atomic E-state index is 2.49. The van der Waals surface area contributed by atoms with Crippen molar-refractivity contribution >= 4 is 56.9 Å². The molecule has 6 heterocycles. The summed E-state index contributed by atoms with van der Waals surface area (Å²) in [5, 5.41) is 0.